The first kappa shape index (κ1) is 21.9. The fourth-order valence-corrected chi connectivity index (χ4v) is 3.69. The molecule has 0 saturated carbocycles. The van der Waals surface area contributed by atoms with Crippen LogP contribution >= 0.6 is 23.2 Å². The largest absolute Gasteiger partial charge is 0.495 e. The Morgan fingerprint density at radius 3 is 2.59 bits per heavy atom. The van der Waals surface area contributed by atoms with E-state index in [0.29, 0.717) is 39.2 Å². The number of ether oxygens (including phenoxy) is 1. The molecule has 2 aromatic carbocycles. The van der Waals surface area contributed by atoms with E-state index >= 15 is 0 Å². The van der Waals surface area contributed by atoms with Crippen molar-refractivity contribution >= 4 is 45.9 Å². The van der Waals surface area contributed by atoms with E-state index in [-0.39, 0.29) is 11.1 Å². The van der Waals surface area contributed by atoms with E-state index in [1.807, 2.05) is 0 Å². The van der Waals surface area contributed by atoms with Crippen LogP contribution in [-0.2, 0) is 4.79 Å². The van der Waals surface area contributed by atoms with Crippen molar-refractivity contribution < 1.29 is 14.1 Å². The quantitative estimate of drug-likeness (QED) is 0.425. The molecule has 1 N–H and O–H groups in total. The highest BCUT2D eigenvalue weighted by Gasteiger charge is 2.25. The van der Waals surface area contributed by atoms with Crippen LogP contribution in [0.3, 0.4) is 0 Å². The second-order valence-electron chi connectivity index (χ2n) is 6.93. The topological polar surface area (TPSA) is 99.2 Å². The summed E-state index contributed by atoms with van der Waals surface area (Å²) in [5, 5.41) is 7.96. The predicted octanol–water partition coefficient (Wildman–Crippen LogP) is 4.96. The van der Waals surface area contributed by atoms with Crippen LogP contribution in [0.15, 0.2) is 58.1 Å². The van der Waals surface area contributed by atoms with Crippen molar-refractivity contribution in [2.24, 2.45) is 0 Å². The molecule has 0 aliphatic rings. The van der Waals surface area contributed by atoms with E-state index in [9.17, 15) is 9.59 Å². The minimum absolute atomic E-state index is 0.0861. The van der Waals surface area contributed by atoms with Gasteiger partial charge in [0.25, 0.3) is 11.3 Å². The standard InChI is InChI=1S/C22H18Cl2N4O4/c1-3-16(20(29)26-15-10-14(24)8-9-17(15)31-2)28-11-25-21-18(22(28)30)19(27-32-21)12-4-6-13(23)7-5-12/h4-11,16H,3H2,1-2H3,(H,26,29). The number of anilines is 1. The first-order valence-corrected chi connectivity index (χ1v) is 10.5. The zero-order valence-electron chi connectivity index (χ0n) is 17.1. The monoisotopic (exact) mass is 472 g/mol. The molecule has 0 spiro atoms. The summed E-state index contributed by atoms with van der Waals surface area (Å²) < 4.78 is 11.8. The molecule has 0 radical (unpaired) electrons. The molecule has 0 aliphatic carbocycles. The van der Waals surface area contributed by atoms with Gasteiger partial charge in [-0.1, -0.05) is 47.4 Å². The van der Waals surface area contributed by atoms with Gasteiger partial charge in [-0.3, -0.25) is 14.2 Å². The average molecular weight is 473 g/mol. The summed E-state index contributed by atoms with van der Waals surface area (Å²) in [6, 6.07) is 10.9. The molecule has 0 aliphatic heterocycles. The van der Waals surface area contributed by atoms with Crippen LogP contribution in [0.25, 0.3) is 22.4 Å². The van der Waals surface area contributed by atoms with Crippen molar-refractivity contribution in [3.8, 4) is 17.0 Å². The second-order valence-corrected chi connectivity index (χ2v) is 7.81. The highest BCUT2D eigenvalue weighted by Crippen LogP contribution is 2.29. The van der Waals surface area contributed by atoms with E-state index in [0.717, 1.165) is 0 Å². The Kier molecular flexibility index (Phi) is 6.16. The Morgan fingerprint density at radius 2 is 1.91 bits per heavy atom. The van der Waals surface area contributed by atoms with Gasteiger partial charge in [-0.2, -0.15) is 0 Å². The van der Waals surface area contributed by atoms with Gasteiger partial charge in [0.05, 0.1) is 12.8 Å². The number of benzene rings is 2. The van der Waals surface area contributed by atoms with Crippen LogP contribution in [0, 0.1) is 0 Å². The number of hydrogen-bond donors (Lipinski definition) is 1. The maximum Gasteiger partial charge on any atom is 0.267 e. The SMILES string of the molecule is CCC(C(=O)Nc1cc(Cl)ccc1OC)n1cnc2onc(-c3ccc(Cl)cc3)c2c1=O. The average Bonchev–Trinajstić information content (AvgIpc) is 3.21. The van der Waals surface area contributed by atoms with Crippen LogP contribution in [0.2, 0.25) is 10.0 Å². The van der Waals surface area contributed by atoms with Gasteiger partial charge in [-0.25, -0.2) is 4.98 Å². The molecule has 164 valence electrons. The maximum absolute atomic E-state index is 13.4. The van der Waals surface area contributed by atoms with Gasteiger partial charge in [0.1, 0.15) is 29.2 Å². The van der Waals surface area contributed by atoms with E-state index in [1.54, 1.807) is 49.4 Å². The normalized spacial score (nSPS) is 12.0. The van der Waals surface area contributed by atoms with Gasteiger partial charge in [0.15, 0.2) is 0 Å². The Labute approximate surface area is 192 Å². The van der Waals surface area contributed by atoms with E-state index in [4.69, 9.17) is 32.5 Å². The van der Waals surface area contributed by atoms with Crippen molar-refractivity contribution in [3.05, 3.63) is 69.2 Å². The molecule has 0 saturated heterocycles. The lowest BCUT2D eigenvalue weighted by Gasteiger charge is -2.18. The minimum Gasteiger partial charge on any atom is -0.495 e. The van der Waals surface area contributed by atoms with Gasteiger partial charge in [0.2, 0.25) is 5.91 Å². The lowest BCUT2D eigenvalue weighted by Crippen LogP contribution is -2.33. The highest BCUT2D eigenvalue weighted by molar-refractivity contribution is 6.31. The number of nitrogens with one attached hydrogen (secondary N) is 1. The van der Waals surface area contributed by atoms with Crippen molar-refractivity contribution in [1.29, 1.82) is 0 Å². The van der Waals surface area contributed by atoms with Gasteiger partial charge in [-0.15, -0.1) is 0 Å². The Hall–Kier alpha value is -3.36. The number of rotatable bonds is 6. The van der Waals surface area contributed by atoms with Gasteiger partial charge in [0, 0.05) is 15.6 Å². The summed E-state index contributed by atoms with van der Waals surface area (Å²) in [6.45, 7) is 1.80. The first-order chi connectivity index (χ1) is 15.4. The smallest absolute Gasteiger partial charge is 0.267 e. The van der Waals surface area contributed by atoms with Crippen molar-refractivity contribution in [3.63, 3.8) is 0 Å². The van der Waals surface area contributed by atoms with Crippen LogP contribution in [0.4, 0.5) is 5.69 Å². The molecule has 1 unspecified atom stereocenters. The van der Waals surface area contributed by atoms with Crippen LogP contribution in [-0.4, -0.2) is 27.7 Å². The number of hydrogen-bond acceptors (Lipinski definition) is 6. The fourth-order valence-electron chi connectivity index (χ4n) is 3.39. The zero-order chi connectivity index (χ0) is 22.8. The molecule has 1 atom stereocenters. The number of aromatic nitrogens is 3. The van der Waals surface area contributed by atoms with Crippen LogP contribution in [0.5, 0.6) is 5.75 Å². The second kappa shape index (κ2) is 9.02. The molecule has 8 nitrogen and oxygen atoms in total. The van der Waals surface area contributed by atoms with Gasteiger partial charge >= 0.3 is 0 Å². The third-order valence-corrected chi connectivity index (χ3v) is 5.47. The van der Waals surface area contributed by atoms with Crippen molar-refractivity contribution in [2.45, 2.75) is 19.4 Å². The Bertz CT molecular complexity index is 1350. The molecule has 10 heteroatoms. The number of amides is 1. The predicted molar refractivity (Wildman–Crippen MR) is 122 cm³/mol. The highest BCUT2D eigenvalue weighted by atomic mass is 35.5. The summed E-state index contributed by atoms with van der Waals surface area (Å²) in [5.41, 5.74) is 1.02. The van der Waals surface area contributed by atoms with Gasteiger partial charge < -0.3 is 14.6 Å². The number of carbonyl (C=O) groups excluding carboxylic acids is 1. The third-order valence-electron chi connectivity index (χ3n) is 4.98. The molecule has 2 heterocycles. The molecule has 0 bridgehead atoms. The third kappa shape index (κ3) is 4.06. The van der Waals surface area contributed by atoms with E-state index in [2.05, 4.69) is 15.5 Å². The summed E-state index contributed by atoms with van der Waals surface area (Å²) in [4.78, 5) is 30.6. The number of carbonyl (C=O) groups is 1. The van der Waals surface area contributed by atoms with Crippen LogP contribution < -0.4 is 15.6 Å². The molecule has 4 aromatic rings. The lowest BCUT2D eigenvalue weighted by molar-refractivity contribution is -0.119. The molecule has 4 rings (SSSR count). The molecular formula is C22H18Cl2N4O4. The molecule has 32 heavy (non-hydrogen) atoms. The zero-order valence-corrected chi connectivity index (χ0v) is 18.6. The summed E-state index contributed by atoms with van der Waals surface area (Å²) in [6.07, 6.45) is 1.62. The molecular weight excluding hydrogens is 455 g/mol. The summed E-state index contributed by atoms with van der Waals surface area (Å²) >= 11 is 12.0. The number of nitrogens with zero attached hydrogens (tertiary/aromatic N) is 3. The molecule has 2 aromatic heterocycles. The van der Waals surface area contributed by atoms with Crippen molar-refractivity contribution in [1.82, 2.24) is 14.7 Å². The Balaban J connectivity index is 1.74. The minimum atomic E-state index is -0.837. The molecule has 1 amide bonds. The van der Waals surface area contributed by atoms with E-state index < -0.39 is 17.5 Å². The fraction of sp³-hybridized carbons (Fsp3) is 0.182. The first-order valence-electron chi connectivity index (χ1n) is 9.69. The van der Waals surface area contributed by atoms with Gasteiger partial charge in [-0.05, 0) is 36.8 Å². The number of halogens is 2. The number of methoxy groups -OCH3 is 1. The number of fused-ring (bicyclic) bond motifs is 1. The summed E-state index contributed by atoms with van der Waals surface area (Å²) in [7, 11) is 1.49. The maximum atomic E-state index is 13.4. The van der Waals surface area contributed by atoms with Crippen molar-refractivity contribution in [2.75, 3.05) is 12.4 Å². The lowest BCUT2D eigenvalue weighted by atomic mass is 10.1. The summed E-state index contributed by atoms with van der Waals surface area (Å²) in [5.74, 6) is 0.0309. The molecule has 0 fully saturated rings. The van der Waals surface area contributed by atoms with Crippen LogP contribution in [0.1, 0.15) is 19.4 Å². The van der Waals surface area contributed by atoms with E-state index in [1.165, 1.54) is 18.0 Å². The Morgan fingerprint density at radius 1 is 1.19 bits per heavy atom.